The van der Waals surface area contributed by atoms with Gasteiger partial charge in [0.2, 0.25) is 0 Å². The molecular formula is H4Cl2PtSn. The summed E-state index contributed by atoms with van der Waals surface area (Å²) in [6.07, 6.45) is 0. The maximum absolute atomic E-state index is 0. The van der Waals surface area contributed by atoms with Crippen molar-refractivity contribution in [2.45, 2.75) is 0 Å². The Bertz CT molecular complexity index is 6.00. The van der Waals surface area contributed by atoms with E-state index in [2.05, 4.69) is 0 Å². The van der Waals surface area contributed by atoms with Crippen LogP contribution in [0.1, 0.15) is 0 Å². The van der Waals surface area contributed by atoms with E-state index in [-0.39, 0.29) is 69.8 Å². The fraction of sp³-hybridized carbons (Fsp3) is 0. The van der Waals surface area contributed by atoms with Crippen LogP contribution in [0.2, 0.25) is 0 Å². The third-order valence-electron chi connectivity index (χ3n) is 0. The van der Waals surface area contributed by atoms with E-state index in [1.165, 1.54) is 0 Å². The summed E-state index contributed by atoms with van der Waals surface area (Å²) < 4.78 is 0. The van der Waals surface area contributed by atoms with Gasteiger partial charge in [-0.1, -0.05) is 0 Å². The van der Waals surface area contributed by atoms with E-state index < -0.39 is 0 Å². The van der Waals surface area contributed by atoms with Gasteiger partial charge in [-0.2, -0.15) is 0 Å². The molecule has 0 saturated carbocycles. The van der Waals surface area contributed by atoms with Crippen molar-refractivity contribution in [1.82, 2.24) is 0 Å². The van der Waals surface area contributed by atoms with Crippen LogP contribution in [0.3, 0.4) is 0 Å². The van der Waals surface area contributed by atoms with Crippen LogP contribution in [-0.4, -0.2) is 23.9 Å². The molecule has 0 saturated heterocycles. The molecular weight excluding hydrogens is 385 g/mol. The molecule has 0 amide bonds. The second-order valence-corrected chi connectivity index (χ2v) is 0. The SMILES string of the molecule is Cl.Cl.[Pt].[SnH2]. The van der Waals surface area contributed by atoms with Gasteiger partial charge in [0.15, 0.2) is 0 Å². The number of hydrogen-bond donors (Lipinski definition) is 0. The van der Waals surface area contributed by atoms with E-state index in [9.17, 15) is 0 Å². The Hall–Kier alpha value is 2.07. The van der Waals surface area contributed by atoms with E-state index in [1.807, 2.05) is 0 Å². The molecule has 0 unspecified atom stereocenters. The monoisotopic (exact) mass is 389 g/mol. The molecule has 0 aliphatic heterocycles. The van der Waals surface area contributed by atoms with Gasteiger partial charge >= 0.3 is 23.9 Å². The predicted octanol–water partition coefficient (Wildman–Crippen LogP) is -0.0751. The summed E-state index contributed by atoms with van der Waals surface area (Å²) in [6.45, 7) is 0. The standard InChI is InChI=1S/2ClH.Pt.Sn.2H/h2*1H;;;;. The van der Waals surface area contributed by atoms with E-state index in [1.54, 1.807) is 0 Å². The molecule has 0 rings (SSSR count). The second kappa shape index (κ2) is 19.6. The third kappa shape index (κ3) is 8.95. The summed E-state index contributed by atoms with van der Waals surface area (Å²) >= 11 is 0. The Morgan fingerprint density at radius 2 is 0.750 bits per heavy atom. The first-order valence-corrected chi connectivity index (χ1v) is 0. The van der Waals surface area contributed by atoms with Gasteiger partial charge in [0.25, 0.3) is 0 Å². The van der Waals surface area contributed by atoms with Crippen molar-refractivity contribution in [2.24, 2.45) is 0 Å². The summed E-state index contributed by atoms with van der Waals surface area (Å²) in [5.41, 5.74) is 0. The van der Waals surface area contributed by atoms with Gasteiger partial charge in [-0.05, 0) is 0 Å². The maximum atomic E-state index is 0. The Labute approximate surface area is 69.1 Å². The average Bonchev–Trinajstić information content (AvgIpc) is 0. The molecule has 0 fully saturated rings. The van der Waals surface area contributed by atoms with Gasteiger partial charge in [0.05, 0.1) is 0 Å². The molecule has 0 atom stereocenters. The summed E-state index contributed by atoms with van der Waals surface area (Å²) in [7, 11) is 0. The van der Waals surface area contributed by atoms with Crippen LogP contribution in [0.25, 0.3) is 0 Å². The van der Waals surface area contributed by atoms with Crippen LogP contribution in [0.15, 0.2) is 0 Å². The first-order chi connectivity index (χ1) is 0. The van der Waals surface area contributed by atoms with Crippen LogP contribution < -0.4 is 0 Å². The van der Waals surface area contributed by atoms with E-state index in [0.717, 1.165) is 0 Å². The molecule has 0 N–H and O–H groups in total. The summed E-state index contributed by atoms with van der Waals surface area (Å²) in [5, 5.41) is 0. The average molecular weight is 389 g/mol. The van der Waals surface area contributed by atoms with E-state index in [0.29, 0.717) is 0 Å². The van der Waals surface area contributed by atoms with Gasteiger partial charge in [-0.25, -0.2) is 0 Å². The molecule has 0 aliphatic carbocycles. The summed E-state index contributed by atoms with van der Waals surface area (Å²) in [4.78, 5) is 0. The zero-order valence-corrected chi connectivity index (χ0v) is 9.78. The predicted molar refractivity (Wildman–Crippen MR) is 23.0 cm³/mol. The van der Waals surface area contributed by atoms with Crippen molar-refractivity contribution in [3.8, 4) is 0 Å². The number of rotatable bonds is 0. The van der Waals surface area contributed by atoms with Crippen molar-refractivity contribution < 1.29 is 21.1 Å². The van der Waals surface area contributed by atoms with Gasteiger partial charge in [-0.15, -0.1) is 24.8 Å². The summed E-state index contributed by atoms with van der Waals surface area (Å²) in [6, 6.07) is 0. The van der Waals surface area contributed by atoms with Crippen LogP contribution >= 0.6 is 24.8 Å². The van der Waals surface area contributed by atoms with Crippen molar-refractivity contribution in [2.75, 3.05) is 0 Å². The molecule has 0 aromatic rings. The van der Waals surface area contributed by atoms with Crippen molar-refractivity contribution >= 4 is 48.7 Å². The van der Waals surface area contributed by atoms with E-state index in [4.69, 9.17) is 0 Å². The van der Waals surface area contributed by atoms with Gasteiger partial charge in [0.1, 0.15) is 0 Å². The Balaban J connectivity index is 0. The minimum atomic E-state index is 0. The molecule has 0 heterocycles. The molecule has 0 bridgehead atoms. The fourth-order valence-corrected chi connectivity index (χ4v) is 0. The summed E-state index contributed by atoms with van der Waals surface area (Å²) in [5.74, 6) is 0. The number of halogens is 2. The van der Waals surface area contributed by atoms with Gasteiger partial charge in [0, 0.05) is 21.1 Å². The molecule has 4 heavy (non-hydrogen) atoms. The fourth-order valence-electron chi connectivity index (χ4n) is 0. The van der Waals surface area contributed by atoms with Crippen LogP contribution in [0.4, 0.5) is 0 Å². The van der Waals surface area contributed by atoms with Gasteiger partial charge in [-0.3, -0.25) is 0 Å². The molecule has 32 valence electrons. The minimum absolute atomic E-state index is 0. The first kappa shape index (κ1) is 36.5. The molecule has 4 heteroatoms. The van der Waals surface area contributed by atoms with E-state index >= 15 is 0 Å². The second-order valence-electron chi connectivity index (χ2n) is 0. The molecule has 0 spiro atoms. The third-order valence-corrected chi connectivity index (χ3v) is 0. The first-order valence-electron chi connectivity index (χ1n) is 0. The Kier molecular flexibility index (Phi) is 179. The topological polar surface area (TPSA) is 0 Å². The molecule has 0 aliphatic rings. The molecule has 2 radical (unpaired) electrons. The van der Waals surface area contributed by atoms with Crippen LogP contribution in [0, 0.1) is 0 Å². The van der Waals surface area contributed by atoms with Crippen LogP contribution in [-0.2, 0) is 21.1 Å². The Morgan fingerprint density at radius 1 is 0.750 bits per heavy atom. The molecule has 0 nitrogen and oxygen atoms in total. The van der Waals surface area contributed by atoms with Crippen molar-refractivity contribution in [1.29, 1.82) is 0 Å². The molecule has 0 aromatic carbocycles. The van der Waals surface area contributed by atoms with Crippen molar-refractivity contribution in [3.05, 3.63) is 0 Å². The van der Waals surface area contributed by atoms with Crippen LogP contribution in [0.5, 0.6) is 0 Å². The normalized spacial score (nSPS) is 0. The Morgan fingerprint density at radius 3 is 0.750 bits per heavy atom. The number of hydrogen-bond acceptors (Lipinski definition) is 0. The van der Waals surface area contributed by atoms with Gasteiger partial charge < -0.3 is 0 Å². The zero-order chi connectivity index (χ0) is 0. The quantitative estimate of drug-likeness (QED) is 0.510. The zero-order valence-electron chi connectivity index (χ0n) is 1.84. The van der Waals surface area contributed by atoms with Crippen molar-refractivity contribution in [3.63, 3.8) is 0 Å². The molecule has 0 aromatic heterocycles.